The van der Waals surface area contributed by atoms with Crippen LogP contribution >= 0.6 is 35.5 Å². The maximum Gasteiger partial charge on any atom is 0.227 e. The fourth-order valence-corrected chi connectivity index (χ4v) is 3.05. The van der Waals surface area contributed by atoms with E-state index in [0.717, 1.165) is 14.9 Å². The standard InChI is InChI=1S/C13H16N4O2S2.ClH/c1-19-10(7-14)6-12(18)16-9-2-4-11(5-3-9)21-13-17-15-8-20-13;/h2-5,8,10H,6-7,14H2,1H3,(H,16,18);1H. The Morgan fingerprint density at radius 2 is 2.18 bits per heavy atom. The van der Waals surface area contributed by atoms with E-state index < -0.39 is 0 Å². The molecule has 0 fully saturated rings. The number of anilines is 1. The Kier molecular flexibility index (Phi) is 8.36. The summed E-state index contributed by atoms with van der Waals surface area (Å²) in [6.07, 6.45) is -0.00823. The Morgan fingerprint density at radius 3 is 2.73 bits per heavy atom. The molecule has 2 rings (SSSR count). The molecule has 0 aliphatic heterocycles. The van der Waals surface area contributed by atoms with E-state index in [2.05, 4.69) is 15.5 Å². The molecule has 0 saturated heterocycles. The number of nitrogens with two attached hydrogens (primary N) is 1. The zero-order chi connectivity index (χ0) is 15.1. The highest BCUT2D eigenvalue weighted by Crippen LogP contribution is 2.29. The van der Waals surface area contributed by atoms with Crippen molar-refractivity contribution >= 4 is 47.1 Å². The topological polar surface area (TPSA) is 90.1 Å². The number of carbonyl (C=O) groups excluding carboxylic acids is 1. The predicted molar refractivity (Wildman–Crippen MR) is 90.8 cm³/mol. The molecule has 0 saturated carbocycles. The third-order valence-corrected chi connectivity index (χ3v) is 4.48. The molecule has 0 bridgehead atoms. The number of nitrogens with one attached hydrogen (secondary N) is 1. The van der Waals surface area contributed by atoms with Crippen LogP contribution in [0.4, 0.5) is 5.69 Å². The van der Waals surface area contributed by atoms with Crippen LogP contribution in [0.2, 0.25) is 0 Å². The third kappa shape index (κ3) is 5.90. The van der Waals surface area contributed by atoms with Crippen molar-refractivity contribution in [1.29, 1.82) is 0 Å². The summed E-state index contributed by atoms with van der Waals surface area (Å²) in [5, 5.41) is 10.6. The second kappa shape index (κ2) is 9.75. The van der Waals surface area contributed by atoms with Gasteiger partial charge in [0, 0.05) is 24.2 Å². The molecule has 1 atom stereocenters. The van der Waals surface area contributed by atoms with Gasteiger partial charge in [0.25, 0.3) is 0 Å². The number of amides is 1. The van der Waals surface area contributed by atoms with Crippen LogP contribution in [0.5, 0.6) is 0 Å². The Labute approximate surface area is 143 Å². The maximum absolute atomic E-state index is 11.8. The highest BCUT2D eigenvalue weighted by molar-refractivity contribution is 8.01. The highest BCUT2D eigenvalue weighted by Gasteiger charge is 2.11. The molecular formula is C13H17ClN4O2S2. The molecule has 120 valence electrons. The van der Waals surface area contributed by atoms with Crippen LogP contribution in [0.15, 0.2) is 39.0 Å². The Hall–Kier alpha value is -1.19. The molecule has 0 aliphatic rings. The molecule has 1 aromatic carbocycles. The van der Waals surface area contributed by atoms with E-state index in [1.54, 1.807) is 12.6 Å². The Morgan fingerprint density at radius 1 is 1.45 bits per heavy atom. The third-order valence-electron chi connectivity index (χ3n) is 2.69. The van der Waals surface area contributed by atoms with Crippen LogP contribution in [0.25, 0.3) is 0 Å². The lowest BCUT2D eigenvalue weighted by atomic mass is 10.2. The number of hydrogen-bond acceptors (Lipinski definition) is 7. The minimum atomic E-state index is -0.253. The molecule has 6 nitrogen and oxygen atoms in total. The van der Waals surface area contributed by atoms with Gasteiger partial charge in [-0.25, -0.2) is 0 Å². The molecule has 0 radical (unpaired) electrons. The normalized spacial score (nSPS) is 11.5. The molecule has 22 heavy (non-hydrogen) atoms. The van der Waals surface area contributed by atoms with Crippen LogP contribution in [0, 0.1) is 0 Å². The first kappa shape index (κ1) is 18.9. The van der Waals surface area contributed by atoms with E-state index in [9.17, 15) is 4.79 Å². The number of methoxy groups -OCH3 is 1. The van der Waals surface area contributed by atoms with E-state index >= 15 is 0 Å². The van der Waals surface area contributed by atoms with Gasteiger partial charge in [0.05, 0.1) is 12.5 Å². The van der Waals surface area contributed by atoms with Crippen molar-refractivity contribution in [2.45, 2.75) is 21.8 Å². The van der Waals surface area contributed by atoms with Crippen molar-refractivity contribution in [1.82, 2.24) is 10.2 Å². The van der Waals surface area contributed by atoms with Gasteiger partial charge < -0.3 is 15.8 Å². The molecule has 1 amide bonds. The average Bonchev–Trinajstić information content (AvgIpc) is 3.00. The molecule has 1 unspecified atom stereocenters. The second-order valence-corrected chi connectivity index (χ2v) is 6.33. The SMILES string of the molecule is COC(CN)CC(=O)Nc1ccc(Sc2nncs2)cc1.Cl. The number of halogens is 1. The zero-order valence-electron chi connectivity index (χ0n) is 11.9. The monoisotopic (exact) mass is 360 g/mol. The number of aromatic nitrogens is 2. The first-order valence-electron chi connectivity index (χ1n) is 6.28. The summed E-state index contributed by atoms with van der Waals surface area (Å²) in [5.74, 6) is -0.114. The van der Waals surface area contributed by atoms with Crippen molar-refractivity contribution in [3.63, 3.8) is 0 Å². The summed E-state index contributed by atoms with van der Waals surface area (Å²) in [6.45, 7) is 0.321. The minimum Gasteiger partial charge on any atom is -0.380 e. The van der Waals surface area contributed by atoms with Crippen molar-refractivity contribution in [3.05, 3.63) is 29.8 Å². The molecule has 0 aliphatic carbocycles. The van der Waals surface area contributed by atoms with Crippen LogP contribution in [0.3, 0.4) is 0 Å². The maximum atomic E-state index is 11.8. The van der Waals surface area contributed by atoms with Crippen molar-refractivity contribution < 1.29 is 9.53 Å². The van der Waals surface area contributed by atoms with Gasteiger partial charge in [-0.2, -0.15) is 0 Å². The van der Waals surface area contributed by atoms with Crippen molar-refractivity contribution in [3.8, 4) is 0 Å². The molecular weight excluding hydrogens is 344 g/mol. The number of benzene rings is 1. The van der Waals surface area contributed by atoms with Gasteiger partial charge in [0.2, 0.25) is 5.91 Å². The summed E-state index contributed by atoms with van der Waals surface area (Å²) in [7, 11) is 1.55. The van der Waals surface area contributed by atoms with Gasteiger partial charge in [0.15, 0.2) is 4.34 Å². The zero-order valence-corrected chi connectivity index (χ0v) is 14.3. The molecule has 1 aromatic heterocycles. The smallest absolute Gasteiger partial charge is 0.227 e. The molecule has 3 N–H and O–H groups in total. The Balaban J connectivity index is 0.00000242. The van der Waals surface area contributed by atoms with Gasteiger partial charge in [-0.05, 0) is 24.3 Å². The number of hydrogen-bond donors (Lipinski definition) is 2. The largest absolute Gasteiger partial charge is 0.380 e. The van der Waals surface area contributed by atoms with E-state index in [1.807, 2.05) is 24.3 Å². The molecule has 0 spiro atoms. The number of rotatable bonds is 7. The van der Waals surface area contributed by atoms with Crippen LogP contribution in [0.1, 0.15) is 6.42 Å². The second-order valence-electron chi connectivity index (χ2n) is 4.18. The van der Waals surface area contributed by atoms with E-state index in [4.69, 9.17) is 10.5 Å². The lowest BCUT2D eigenvalue weighted by Crippen LogP contribution is -2.28. The van der Waals surface area contributed by atoms with E-state index in [-0.39, 0.29) is 30.8 Å². The fourth-order valence-electron chi connectivity index (χ4n) is 1.60. The van der Waals surface area contributed by atoms with Crippen LogP contribution < -0.4 is 11.1 Å². The van der Waals surface area contributed by atoms with E-state index in [1.165, 1.54) is 23.1 Å². The van der Waals surface area contributed by atoms with Crippen molar-refractivity contribution in [2.75, 3.05) is 19.0 Å². The van der Waals surface area contributed by atoms with Crippen LogP contribution in [-0.2, 0) is 9.53 Å². The summed E-state index contributed by atoms with van der Waals surface area (Å²) in [4.78, 5) is 12.9. The first-order chi connectivity index (χ1) is 10.2. The lowest BCUT2D eigenvalue weighted by molar-refractivity contribution is -0.118. The summed E-state index contributed by atoms with van der Waals surface area (Å²) >= 11 is 3.03. The van der Waals surface area contributed by atoms with Crippen LogP contribution in [-0.4, -0.2) is 35.9 Å². The summed E-state index contributed by atoms with van der Waals surface area (Å²) < 4.78 is 5.97. The van der Waals surface area contributed by atoms with Gasteiger partial charge >= 0.3 is 0 Å². The predicted octanol–water partition coefficient (Wildman–Crippen LogP) is 2.41. The average molecular weight is 361 g/mol. The molecule has 9 heteroatoms. The first-order valence-corrected chi connectivity index (χ1v) is 7.97. The highest BCUT2D eigenvalue weighted by atomic mass is 35.5. The minimum absolute atomic E-state index is 0. The lowest BCUT2D eigenvalue weighted by Gasteiger charge is -2.12. The van der Waals surface area contributed by atoms with Gasteiger partial charge in [-0.15, -0.1) is 22.6 Å². The van der Waals surface area contributed by atoms with Gasteiger partial charge in [0.1, 0.15) is 5.51 Å². The molecule has 2 aromatic rings. The van der Waals surface area contributed by atoms with E-state index in [0.29, 0.717) is 6.54 Å². The number of carbonyl (C=O) groups is 1. The Bertz CT molecular complexity index is 562. The van der Waals surface area contributed by atoms with Gasteiger partial charge in [-0.3, -0.25) is 4.79 Å². The fraction of sp³-hybridized carbons (Fsp3) is 0.308. The van der Waals surface area contributed by atoms with Crippen molar-refractivity contribution in [2.24, 2.45) is 5.73 Å². The number of ether oxygens (including phenoxy) is 1. The molecule has 1 heterocycles. The quantitative estimate of drug-likeness (QED) is 0.788. The number of nitrogens with zero attached hydrogens (tertiary/aromatic N) is 2. The van der Waals surface area contributed by atoms with Gasteiger partial charge in [-0.1, -0.05) is 23.1 Å². The summed E-state index contributed by atoms with van der Waals surface area (Å²) in [6, 6.07) is 7.56. The summed E-state index contributed by atoms with van der Waals surface area (Å²) in [5.41, 5.74) is 7.93.